The number of hydrogen-bond acceptors (Lipinski definition) is 5. The van der Waals surface area contributed by atoms with E-state index in [1.54, 1.807) is 13.8 Å². The van der Waals surface area contributed by atoms with Crippen LogP contribution in [0.25, 0.3) is 0 Å². The Bertz CT molecular complexity index is 458. The monoisotopic (exact) mass is 269 g/mol. The summed E-state index contributed by atoms with van der Waals surface area (Å²) >= 11 is 0. The maximum absolute atomic E-state index is 13.8. The molecule has 0 heterocycles. The van der Waals surface area contributed by atoms with Crippen molar-refractivity contribution >= 4 is 17.6 Å². The summed E-state index contributed by atoms with van der Waals surface area (Å²) < 4.78 is 23.4. The number of anilines is 1. The van der Waals surface area contributed by atoms with Crippen LogP contribution in [0, 0.1) is 5.82 Å². The topological polar surface area (TPSA) is 78.6 Å². The van der Waals surface area contributed by atoms with Crippen molar-refractivity contribution in [2.45, 2.75) is 19.8 Å². The molecule has 0 spiro atoms. The number of carbonyl (C=O) groups excluding carboxylic acids is 2. The zero-order valence-electron chi connectivity index (χ0n) is 10.8. The van der Waals surface area contributed by atoms with E-state index in [4.69, 9.17) is 15.2 Å². The molecule has 5 nitrogen and oxygen atoms in total. The molecule has 104 valence electrons. The number of halogens is 1. The molecule has 0 atom stereocenters. The van der Waals surface area contributed by atoms with Crippen LogP contribution in [0.5, 0.6) is 0 Å². The largest absolute Gasteiger partial charge is 0.465 e. The highest BCUT2D eigenvalue weighted by atomic mass is 19.1. The van der Waals surface area contributed by atoms with Gasteiger partial charge in [0.2, 0.25) is 0 Å². The van der Waals surface area contributed by atoms with Crippen molar-refractivity contribution < 1.29 is 23.5 Å². The normalized spacial score (nSPS) is 10.3. The van der Waals surface area contributed by atoms with Crippen LogP contribution < -0.4 is 5.73 Å². The number of carbonyl (C=O) groups is 2. The van der Waals surface area contributed by atoms with Crippen LogP contribution in [0.2, 0.25) is 0 Å². The number of nitrogen functional groups attached to an aromatic ring is 1. The van der Waals surface area contributed by atoms with Crippen LogP contribution in [0.3, 0.4) is 0 Å². The van der Waals surface area contributed by atoms with Crippen LogP contribution in [0.4, 0.5) is 10.1 Å². The lowest BCUT2D eigenvalue weighted by atomic mass is 9.98. The molecular formula is C13H16FNO4. The molecular weight excluding hydrogens is 253 g/mol. The van der Waals surface area contributed by atoms with Gasteiger partial charge in [0.15, 0.2) is 5.92 Å². The Morgan fingerprint density at radius 1 is 1.21 bits per heavy atom. The van der Waals surface area contributed by atoms with Crippen molar-refractivity contribution in [3.05, 3.63) is 29.6 Å². The molecule has 6 heteroatoms. The SMILES string of the molecule is CCOC(=O)C(C(=O)OCC)c1ccc(N)cc1F. The third kappa shape index (κ3) is 3.67. The van der Waals surface area contributed by atoms with E-state index in [9.17, 15) is 14.0 Å². The fraction of sp³-hybridized carbons (Fsp3) is 0.385. The van der Waals surface area contributed by atoms with E-state index in [0.29, 0.717) is 0 Å². The Kier molecular flexibility index (Phi) is 5.29. The van der Waals surface area contributed by atoms with Gasteiger partial charge >= 0.3 is 11.9 Å². The summed E-state index contributed by atoms with van der Waals surface area (Å²) in [6.45, 7) is 3.37. The zero-order chi connectivity index (χ0) is 14.4. The predicted octanol–water partition coefficient (Wildman–Crippen LogP) is 1.62. The van der Waals surface area contributed by atoms with E-state index in [0.717, 1.165) is 6.07 Å². The standard InChI is InChI=1S/C13H16FNO4/c1-3-18-12(16)11(13(17)19-4-2)9-6-5-8(15)7-10(9)14/h5-7,11H,3-4,15H2,1-2H3. The molecule has 0 radical (unpaired) electrons. The molecule has 0 aromatic heterocycles. The maximum atomic E-state index is 13.8. The summed E-state index contributed by atoms with van der Waals surface area (Å²) in [6.07, 6.45) is 0. The van der Waals surface area contributed by atoms with Crippen molar-refractivity contribution in [2.24, 2.45) is 0 Å². The van der Waals surface area contributed by atoms with E-state index in [1.165, 1.54) is 12.1 Å². The molecule has 0 bridgehead atoms. The second-order valence-corrected chi connectivity index (χ2v) is 3.72. The number of benzene rings is 1. The molecule has 0 saturated heterocycles. The van der Waals surface area contributed by atoms with Gasteiger partial charge in [0.1, 0.15) is 5.82 Å². The van der Waals surface area contributed by atoms with E-state index in [2.05, 4.69) is 0 Å². The zero-order valence-corrected chi connectivity index (χ0v) is 10.8. The molecule has 0 aliphatic heterocycles. The van der Waals surface area contributed by atoms with Gasteiger partial charge in [-0.05, 0) is 26.0 Å². The van der Waals surface area contributed by atoms with Gasteiger partial charge in [-0.15, -0.1) is 0 Å². The van der Waals surface area contributed by atoms with Crippen molar-refractivity contribution in [2.75, 3.05) is 18.9 Å². The first kappa shape index (κ1) is 14.9. The maximum Gasteiger partial charge on any atom is 0.324 e. The third-order valence-corrected chi connectivity index (χ3v) is 2.38. The highest BCUT2D eigenvalue weighted by Crippen LogP contribution is 2.24. The first-order chi connectivity index (χ1) is 9.01. The lowest BCUT2D eigenvalue weighted by molar-refractivity contribution is -0.157. The minimum absolute atomic E-state index is 0.0886. The Labute approximate surface area is 110 Å². The number of ether oxygens (including phenoxy) is 2. The van der Waals surface area contributed by atoms with Gasteiger partial charge in [-0.25, -0.2) is 4.39 Å². The molecule has 19 heavy (non-hydrogen) atoms. The fourth-order valence-electron chi connectivity index (χ4n) is 1.58. The summed E-state index contributed by atoms with van der Waals surface area (Å²) in [6, 6.07) is 3.73. The second kappa shape index (κ2) is 6.72. The smallest absolute Gasteiger partial charge is 0.324 e. The van der Waals surface area contributed by atoms with Gasteiger partial charge in [0.05, 0.1) is 13.2 Å². The Morgan fingerprint density at radius 3 is 2.16 bits per heavy atom. The molecule has 1 rings (SSSR count). The van der Waals surface area contributed by atoms with Crippen LogP contribution in [-0.4, -0.2) is 25.2 Å². The van der Waals surface area contributed by atoms with E-state index >= 15 is 0 Å². The molecule has 0 amide bonds. The van der Waals surface area contributed by atoms with Crippen molar-refractivity contribution in [3.8, 4) is 0 Å². The summed E-state index contributed by atoms with van der Waals surface area (Å²) in [5.41, 5.74) is 5.52. The highest BCUT2D eigenvalue weighted by molar-refractivity contribution is 6.00. The van der Waals surface area contributed by atoms with E-state index in [1.807, 2.05) is 0 Å². The van der Waals surface area contributed by atoms with Crippen LogP contribution >= 0.6 is 0 Å². The Morgan fingerprint density at radius 2 is 1.74 bits per heavy atom. The van der Waals surface area contributed by atoms with Gasteiger partial charge in [-0.3, -0.25) is 9.59 Å². The number of nitrogens with two attached hydrogens (primary N) is 1. The first-order valence-corrected chi connectivity index (χ1v) is 5.89. The average molecular weight is 269 g/mol. The molecule has 0 fully saturated rings. The molecule has 0 aliphatic carbocycles. The van der Waals surface area contributed by atoms with Crippen molar-refractivity contribution in [1.29, 1.82) is 0 Å². The van der Waals surface area contributed by atoms with Crippen LogP contribution in [0.15, 0.2) is 18.2 Å². The quantitative estimate of drug-likeness (QED) is 0.499. The van der Waals surface area contributed by atoms with Crippen molar-refractivity contribution in [1.82, 2.24) is 0 Å². The number of rotatable bonds is 5. The molecule has 2 N–H and O–H groups in total. The van der Waals surface area contributed by atoms with Crippen LogP contribution in [-0.2, 0) is 19.1 Å². The molecule has 1 aromatic rings. The lowest BCUT2D eigenvalue weighted by Crippen LogP contribution is -2.27. The number of hydrogen-bond donors (Lipinski definition) is 1. The fourth-order valence-corrected chi connectivity index (χ4v) is 1.58. The summed E-state index contributed by atoms with van der Waals surface area (Å²) in [5, 5.41) is 0. The minimum Gasteiger partial charge on any atom is -0.465 e. The first-order valence-electron chi connectivity index (χ1n) is 5.89. The Balaban J connectivity index is 3.14. The van der Waals surface area contributed by atoms with Crippen LogP contribution in [0.1, 0.15) is 25.3 Å². The molecule has 0 saturated carbocycles. The van der Waals surface area contributed by atoms with Gasteiger partial charge in [0.25, 0.3) is 0 Å². The number of esters is 2. The third-order valence-electron chi connectivity index (χ3n) is 2.38. The van der Waals surface area contributed by atoms with Gasteiger partial charge in [0, 0.05) is 11.3 Å². The summed E-state index contributed by atoms with van der Waals surface area (Å²) in [7, 11) is 0. The van der Waals surface area contributed by atoms with E-state index < -0.39 is 23.7 Å². The lowest BCUT2D eigenvalue weighted by Gasteiger charge is -2.15. The summed E-state index contributed by atoms with van der Waals surface area (Å²) in [4.78, 5) is 23.6. The summed E-state index contributed by atoms with van der Waals surface area (Å²) in [5.74, 6) is -3.86. The average Bonchev–Trinajstić information content (AvgIpc) is 2.33. The molecule has 1 aromatic carbocycles. The van der Waals surface area contributed by atoms with Gasteiger partial charge < -0.3 is 15.2 Å². The van der Waals surface area contributed by atoms with Crippen molar-refractivity contribution in [3.63, 3.8) is 0 Å². The van der Waals surface area contributed by atoms with Gasteiger partial charge in [-0.2, -0.15) is 0 Å². The molecule has 0 aliphatic rings. The Hall–Kier alpha value is -2.11. The van der Waals surface area contributed by atoms with E-state index in [-0.39, 0.29) is 24.5 Å². The molecule has 0 unspecified atom stereocenters. The van der Waals surface area contributed by atoms with Gasteiger partial charge in [-0.1, -0.05) is 6.07 Å². The highest BCUT2D eigenvalue weighted by Gasteiger charge is 2.33. The second-order valence-electron chi connectivity index (χ2n) is 3.72. The minimum atomic E-state index is -1.43. The predicted molar refractivity (Wildman–Crippen MR) is 66.8 cm³/mol.